The largest absolute Gasteiger partial charge is 0.342 e. The lowest BCUT2D eigenvalue weighted by atomic mass is 9.89. The third-order valence-corrected chi connectivity index (χ3v) is 6.66. The van der Waals surface area contributed by atoms with Crippen molar-refractivity contribution in [2.75, 3.05) is 26.2 Å². The smallest absolute Gasteiger partial charge is 0.231 e. The minimum atomic E-state index is -0.131. The molecule has 0 radical (unpaired) electrons. The van der Waals surface area contributed by atoms with Crippen LogP contribution < -0.4 is 4.90 Å². The second-order valence-corrected chi connectivity index (χ2v) is 8.77. The molecule has 0 saturated carbocycles. The van der Waals surface area contributed by atoms with E-state index in [9.17, 15) is 9.18 Å². The van der Waals surface area contributed by atoms with Crippen LogP contribution in [-0.2, 0) is 17.8 Å². The minimum Gasteiger partial charge on any atom is -0.342 e. The number of nitrogens with zero attached hydrogens (tertiary/aromatic N) is 1. The van der Waals surface area contributed by atoms with Gasteiger partial charge in [0.2, 0.25) is 5.91 Å². The van der Waals surface area contributed by atoms with Gasteiger partial charge in [-0.25, -0.2) is 4.39 Å². The number of carbonyl (C=O) groups excluding carboxylic acids is 1. The first-order valence-electron chi connectivity index (χ1n) is 11.1. The fraction of sp³-hybridized carbons (Fsp3) is 0.480. The zero-order valence-corrected chi connectivity index (χ0v) is 17.2. The molecular weight excluding hydrogens is 363 g/mol. The highest BCUT2D eigenvalue weighted by Gasteiger charge is 2.33. The van der Waals surface area contributed by atoms with Gasteiger partial charge < -0.3 is 9.80 Å². The third-order valence-electron chi connectivity index (χ3n) is 6.66. The molecule has 1 N–H and O–H groups in total. The molecule has 0 spiro atoms. The van der Waals surface area contributed by atoms with Gasteiger partial charge >= 0.3 is 0 Å². The molecule has 4 rings (SSSR count). The molecule has 3 nitrogen and oxygen atoms in total. The van der Waals surface area contributed by atoms with Gasteiger partial charge in [0.25, 0.3) is 0 Å². The summed E-state index contributed by atoms with van der Waals surface area (Å²) in [6.07, 6.45) is 5.33. The number of quaternary nitrogens is 1. The van der Waals surface area contributed by atoms with E-state index in [4.69, 9.17) is 0 Å². The lowest BCUT2D eigenvalue weighted by Gasteiger charge is -2.36. The van der Waals surface area contributed by atoms with Crippen LogP contribution in [0.25, 0.3) is 0 Å². The van der Waals surface area contributed by atoms with Gasteiger partial charge in [0, 0.05) is 18.7 Å². The normalized spacial score (nSPS) is 23.1. The molecule has 2 aromatic carbocycles. The van der Waals surface area contributed by atoms with Crippen molar-refractivity contribution in [3.05, 3.63) is 71.5 Å². The Morgan fingerprint density at radius 1 is 1.00 bits per heavy atom. The molecule has 1 unspecified atom stereocenters. The molecule has 2 saturated heterocycles. The van der Waals surface area contributed by atoms with Crippen LogP contribution in [0, 0.1) is 17.7 Å². The number of hydrogen-bond acceptors (Lipinski definition) is 1. The van der Waals surface area contributed by atoms with Crippen molar-refractivity contribution < 1.29 is 14.1 Å². The van der Waals surface area contributed by atoms with Gasteiger partial charge in [-0.1, -0.05) is 48.5 Å². The molecule has 2 aliphatic heterocycles. The van der Waals surface area contributed by atoms with E-state index in [-0.39, 0.29) is 11.7 Å². The van der Waals surface area contributed by atoms with Crippen molar-refractivity contribution in [1.82, 2.24) is 4.90 Å². The highest BCUT2D eigenvalue weighted by Crippen LogP contribution is 2.23. The van der Waals surface area contributed by atoms with Gasteiger partial charge in [0.1, 0.15) is 12.4 Å². The van der Waals surface area contributed by atoms with Crippen LogP contribution in [0.2, 0.25) is 0 Å². The minimum absolute atomic E-state index is 0.0937. The molecule has 0 aliphatic carbocycles. The van der Waals surface area contributed by atoms with Crippen molar-refractivity contribution in [3.8, 4) is 0 Å². The van der Waals surface area contributed by atoms with E-state index in [0.29, 0.717) is 18.4 Å². The van der Waals surface area contributed by atoms with Crippen LogP contribution in [0.15, 0.2) is 54.6 Å². The number of amides is 1. The fourth-order valence-electron chi connectivity index (χ4n) is 5.00. The molecule has 2 heterocycles. The summed E-state index contributed by atoms with van der Waals surface area (Å²) in [6.45, 7) is 4.30. The standard InChI is InChI=1S/C25H31FN2O/c26-24-11-5-4-9-22(24)18-27-14-6-10-23(19-27)25(29)28-15-12-21(13-16-28)17-20-7-2-1-3-8-20/h1-5,7-9,11,21,23H,6,10,12-19H2/p+1/t23-/m1/s1. The van der Waals surface area contributed by atoms with Gasteiger partial charge in [0.15, 0.2) is 0 Å². The zero-order valence-electron chi connectivity index (χ0n) is 17.2. The SMILES string of the molecule is O=C([C@@H]1CCC[NH+](Cc2ccccc2F)C1)N1CCC(Cc2ccccc2)CC1. The van der Waals surface area contributed by atoms with E-state index in [1.807, 2.05) is 12.1 Å². The van der Waals surface area contributed by atoms with Crippen LogP contribution >= 0.6 is 0 Å². The Bertz CT molecular complexity index is 801. The highest BCUT2D eigenvalue weighted by atomic mass is 19.1. The molecule has 2 aromatic rings. The summed E-state index contributed by atoms with van der Waals surface area (Å²) < 4.78 is 14.0. The topological polar surface area (TPSA) is 24.8 Å². The first kappa shape index (κ1) is 20.1. The van der Waals surface area contributed by atoms with Crippen LogP contribution in [0.1, 0.15) is 36.8 Å². The van der Waals surface area contributed by atoms with E-state index < -0.39 is 0 Å². The van der Waals surface area contributed by atoms with Crippen molar-refractivity contribution in [1.29, 1.82) is 0 Å². The molecule has 2 fully saturated rings. The summed E-state index contributed by atoms with van der Waals surface area (Å²) in [5.74, 6) is 0.968. The Balaban J connectivity index is 1.27. The maximum absolute atomic E-state index is 14.0. The average Bonchev–Trinajstić information content (AvgIpc) is 2.76. The molecule has 1 amide bonds. The number of carbonyl (C=O) groups is 1. The van der Waals surface area contributed by atoms with E-state index in [1.165, 1.54) is 16.5 Å². The summed E-state index contributed by atoms with van der Waals surface area (Å²) >= 11 is 0. The predicted octanol–water partition coefficient (Wildman–Crippen LogP) is 3.10. The Kier molecular flexibility index (Phi) is 6.60. The third kappa shape index (κ3) is 5.24. The number of halogens is 1. The molecule has 0 bridgehead atoms. The summed E-state index contributed by atoms with van der Waals surface area (Å²) in [5.41, 5.74) is 2.16. The number of rotatable bonds is 5. The van der Waals surface area contributed by atoms with Gasteiger partial charge in [0.05, 0.1) is 19.0 Å². The Morgan fingerprint density at radius 2 is 1.72 bits per heavy atom. The van der Waals surface area contributed by atoms with Gasteiger partial charge in [-0.3, -0.25) is 4.79 Å². The molecule has 29 heavy (non-hydrogen) atoms. The molecule has 154 valence electrons. The molecule has 0 aromatic heterocycles. The first-order valence-corrected chi connectivity index (χ1v) is 11.1. The van der Waals surface area contributed by atoms with Crippen LogP contribution in [0.5, 0.6) is 0 Å². The monoisotopic (exact) mass is 395 g/mol. The van der Waals surface area contributed by atoms with E-state index in [1.54, 1.807) is 6.07 Å². The van der Waals surface area contributed by atoms with E-state index >= 15 is 0 Å². The predicted molar refractivity (Wildman–Crippen MR) is 113 cm³/mol. The summed E-state index contributed by atoms with van der Waals surface area (Å²) in [6, 6.07) is 17.7. The summed E-state index contributed by atoms with van der Waals surface area (Å²) in [7, 11) is 0. The highest BCUT2D eigenvalue weighted by molar-refractivity contribution is 5.79. The average molecular weight is 396 g/mol. The molecule has 4 heteroatoms. The lowest BCUT2D eigenvalue weighted by Crippen LogP contribution is -3.12. The number of likely N-dealkylation sites (tertiary alicyclic amines) is 2. The van der Waals surface area contributed by atoms with Gasteiger partial charge in [-0.2, -0.15) is 0 Å². The number of hydrogen-bond donors (Lipinski definition) is 1. The Labute approximate surface area is 173 Å². The van der Waals surface area contributed by atoms with E-state index in [0.717, 1.165) is 63.8 Å². The Morgan fingerprint density at radius 3 is 2.48 bits per heavy atom. The van der Waals surface area contributed by atoms with Crippen LogP contribution in [0.3, 0.4) is 0 Å². The first-order chi connectivity index (χ1) is 14.2. The quantitative estimate of drug-likeness (QED) is 0.827. The van der Waals surface area contributed by atoms with Crippen molar-refractivity contribution in [3.63, 3.8) is 0 Å². The molecule has 2 atom stereocenters. The Hall–Kier alpha value is -2.20. The van der Waals surface area contributed by atoms with E-state index in [2.05, 4.69) is 35.2 Å². The maximum atomic E-state index is 14.0. The van der Waals surface area contributed by atoms with Crippen LogP contribution in [-0.4, -0.2) is 37.0 Å². The number of piperidine rings is 2. The van der Waals surface area contributed by atoms with Gasteiger partial charge in [-0.15, -0.1) is 0 Å². The summed E-state index contributed by atoms with van der Waals surface area (Å²) in [4.78, 5) is 16.5. The maximum Gasteiger partial charge on any atom is 0.231 e. The molecule has 2 aliphatic rings. The van der Waals surface area contributed by atoms with Crippen molar-refractivity contribution >= 4 is 5.91 Å². The van der Waals surface area contributed by atoms with Crippen LogP contribution in [0.4, 0.5) is 4.39 Å². The number of benzene rings is 2. The second kappa shape index (κ2) is 9.53. The zero-order chi connectivity index (χ0) is 20.1. The van der Waals surface area contributed by atoms with Crippen molar-refractivity contribution in [2.24, 2.45) is 11.8 Å². The summed E-state index contributed by atoms with van der Waals surface area (Å²) in [5, 5.41) is 0. The number of nitrogens with one attached hydrogen (secondary N) is 1. The molecular formula is C25H32FN2O+. The second-order valence-electron chi connectivity index (χ2n) is 8.77. The van der Waals surface area contributed by atoms with Crippen molar-refractivity contribution in [2.45, 2.75) is 38.6 Å². The lowest BCUT2D eigenvalue weighted by molar-refractivity contribution is -0.921. The van der Waals surface area contributed by atoms with Gasteiger partial charge in [-0.05, 0) is 49.7 Å². The fourth-order valence-corrected chi connectivity index (χ4v) is 5.00.